The lowest BCUT2D eigenvalue weighted by molar-refractivity contribution is -0.143. The molecule has 0 spiro atoms. The van der Waals surface area contributed by atoms with E-state index in [0.29, 0.717) is 53.0 Å². The summed E-state index contributed by atoms with van der Waals surface area (Å²) in [4.78, 5) is 16.2. The van der Waals surface area contributed by atoms with E-state index >= 15 is 0 Å². The molecule has 186 valence electrons. The largest absolute Gasteiger partial charge is 0.466 e. The quantitative estimate of drug-likeness (QED) is 0.156. The highest BCUT2D eigenvalue weighted by Gasteiger charge is 2.30. The summed E-state index contributed by atoms with van der Waals surface area (Å²) < 4.78 is 58.1. The normalized spacial score (nSPS) is 11.5. The molecule has 3 aromatic carbocycles. The molecule has 0 saturated heterocycles. The Morgan fingerprint density at radius 1 is 0.944 bits per heavy atom. The van der Waals surface area contributed by atoms with Gasteiger partial charge in [0.25, 0.3) is 0 Å². The number of ether oxygens (including phenoxy) is 1. The summed E-state index contributed by atoms with van der Waals surface area (Å²) in [6.07, 6.45) is -3.61. The van der Waals surface area contributed by atoms with Gasteiger partial charge in [-0.2, -0.15) is 13.2 Å². The molecule has 0 saturated carbocycles. The van der Waals surface area contributed by atoms with Gasteiger partial charge in [0.1, 0.15) is 5.82 Å². The number of halogens is 4. The number of nitrogens with one attached hydrogen (secondary N) is 1. The number of esters is 1. The molecule has 36 heavy (non-hydrogen) atoms. The summed E-state index contributed by atoms with van der Waals surface area (Å²) in [6.45, 7) is 2.56. The van der Waals surface area contributed by atoms with E-state index in [0.717, 1.165) is 17.7 Å². The van der Waals surface area contributed by atoms with Crippen molar-refractivity contribution in [3.05, 3.63) is 84.2 Å². The van der Waals surface area contributed by atoms with Crippen molar-refractivity contribution in [3.8, 4) is 22.4 Å². The molecule has 0 radical (unpaired) electrons. The van der Waals surface area contributed by atoms with Gasteiger partial charge >= 0.3 is 12.1 Å². The number of nitrogens with zero attached hydrogens (tertiary/aromatic N) is 1. The third kappa shape index (κ3) is 6.00. The maximum absolute atomic E-state index is 13.9. The number of alkyl halides is 3. The lowest BCUT2D eigenvalue weighted by Crippen LogP contribution is -2.08. The predicted molar refractivity (Wildman–Crippen MR) is 132 cm³/mol. The van der Waals surface area contributed by atoms with Crippen LogP contribution in [0.15, 0.2) is 72.8 Å². The minimum absolute atomic E-state index is 0.266. The van der Waals surface area contributed by atoms with E-state index in [1.54, 1.807) is 49.4 Å². The molecule has 0 bridgehead atoms. The van der Waals surface area contributed by atoms with Crippen LogP contribution in [0.1, 0.15) is 25.3 Å². The second-order valence-electron chi connectivity index (χ2n) is 8.21. The number of pyridine rings is 1. The van der Waals surface area contributed by atoms with Crippen LogP contribution in [0.25, 0.3) is 33.3 Å². The standard InChI is InChI=1S/C28H24F4N2O2/c1-2-36-27(35)7-4-14-33-26-17-25(34-24-13-12-22(29)16-23(24)26)19-10-8-18(9-11-19)20-5-3-6-21(15-20)28(30,31)32/h3,5-6,8-13,15-17H,2,4,7,14H2,1H3,(H,33,34). The highest BCUT2D eigenvalue weighted by Crippen LogP contribution is 2.34. The van der Waals surface area contributed by atoms with Crippen molar-refractivity contribution in [2.24, 2.45) is 0 Å². The van der Waals surface area contributed by atoms with Gasteiger partial charge in [0.05, 0.1) is 23.4 Å². The summed E-state index contributed by atoms with van der Waals surface area (Å²) in [7, 11) is 0. The molecular weight excluding hydrogens is 472 g/mol. The number of hydrogen-bond donors (Lipinski definition) is 1. The third-order valence-corrected chi connectivity index (χ3v) is 5.65. The number of carbonyl (C=O) groups excluding carboxylic acids is 1. The predicted octanol–water partition coefficient (Wildman–Crippen LogP) is 7.48. The topological polar surface area (TPSA) is 51.2 Å². The van der Waals surface area contributed by atoms with Gasteiger partial charge in [0.15, 0.2) is 0 Å². The zero-order valence-corrected chi connectivity index (χ0v) is 19.5. The molecular formula is C28H24F4N2O2. The average molecular weight is 497 g/mol. The number of fused-ring (bicyclic) bond motifs is 1. The summed E-state index contributed by atoms with van der Waals surface area (Å²) in [5.74, 6) is -0.663. The number of benzene rings is 3. The van der Waals surface area contributed by atoms with Crippen LogP contribution in [0.5, 0.6) is 0 Å². The van der Waals surface area contributed by atoms with Gasteiger partial charge in [-0.3, -0.25) is 4.79 Å². The van der Waals surface area contributed by atoms with Crippen molar-refractivity contribution < 1.29 is 27.1 Å². The smallest absolute Gasteiger partial charge is 0.416 e. The van der Waals surface area contributed by atoms with Crippen molar-refractivity contribution in [2.45, 2.75) is 25.9 Å². The molecule has 4 rings (SSSR count). The first kappa shape index (κ1) is 25.2. The maximum atomic E-state index is 13.9. The molecule has 0 aliphatic heterocycles. The molecule has 0 aliphatic rings. The Morgan fingerprint density at radius 2 is 1.69 bits per heavy atom. The fraction of sp³-hybridized carbons (Fsp3) is 0.214. The zero-order chi connectivity index (χ0) is 25.7. The molecule has 0 atom stereocenters. The second kappa shape index (κ2) is 10.8. The third-order valence-electron chi connectivity index (χ3n) is 5.65. The Bertz CT molecular complexity index is 1370. The molecule has 1 aromatic heterocycles. The fourth-order valence-corrected chi connectivity index (χ4v) is 3.89. The first-order chi connectivity index (χ1) is 17.2. The maximum Gasteiger partial charge on any atom is 0.416 e. The number of anilines is 1. The first-order valence-corrected chi connectivity index (χ1v) is 11.5. The van der Waals surface area contributed by atoms with Gasteiger partial charge in [-0.1, -0.05) is 36.4 Å². The van der Waals surface area contributed by atoms with E-state index in [2.05, 4.69) is 10.3 Å². The van der Waals surface area contributed by atoms with Crippen molar-refractivity contribution in [3.63, 3.8) is 0 Å². The molecule has 1 heterocycles. The highest BCUT2D eigenvalue weighted by atomic mass is 19.4. The van der Waals surface area contributed by atoms with Crippen molar-refractivity contribution in [1.29, 1.82) is 0 Å². The molecule has 0 aliphatic carbocycles. The van der Waals surface area contributed by atoms with Crippen LogP contribution < -0.4 is 5.32 Å². The van der Waals surface area contributed by atoms with E-state index in [9.17, 15) is 22.4 Å². The minimum Gasteiger partial charge on any atom is -0.466 e. The second-order valence-corrected chi connectivity index (χ2v) is 8.21. The lowest BCUT2D eigenvalue weighted by Gasteiger charge is -2.13. The van der Waals surface area contributed by atoms with Crippen LogP contribution in [0.3, 0.4) is 0 Å². The molecule has 0 amide bonds. The monoisotopic (exact) mass is 496 g/mol. The Kier molecular flexibility index (Phi) is 7.52. The number of aromatic nitrogens is 1. The molecule has 8 heteroatoms. The van der Waals surface area contributed by atoms with Crippen LogP contribution in [-0.2, 0) is 15.7 Å². The minimum atomic E-state index is -4.41. The van der Waals surface area contributed by atoms with Crippen LogP contribution in [-0.4, -0.2) is 24.1 Å². The van der Waals surface area contributed by atoms with E-state index in [-0.39, 0.29) is 12.4 Å². The van der Waals surface area contributed by atoms with Gasteiger partial charge in [-0.15, -0.1) is 0 Å². The number of carbonyl (C=O) groups is 1. The van der Waals surface area contributed by atoms with Crippen molar-refractivity contribution in [1.82, 2.24) is 4.98 Å². The zero-order valence-electron chi connectivity index (χ0n) is 19.5. The Morgan fingerprint density at radius 3 is 2.42 bits per heavy atom. The van der Waals surface area contributed by atoms with Crippen molar-refractivity contribution >= 4 is 22.6 Å². The fourth-order valence-electron chi connectivity index (χ4n) is 3.89. The molecule has 4 nitrogen and oxygen atoms in total. The number of rotatable bonds is 8. The molecule has 4 aromatic rings. The van der Waals surface area contributed by atoms with Gasteiger partial charge in [0.2, 0.25) is 0 Å². The molecule has 0 fully saturated rings. The van der Waals surface area contributed by atoms with E-state index in [1.165, 1.54) is 18.2 Å². The highest BCUT2D eigenvalue weighted by molar-refractivity contribution is 5.94. The van der Waals surface area contributed by atoms with Crippen LogP contribution in [0, 0.1) is 5.82 Å². The Hall–Kier alpha value is -3.94. The van der Waals surface area contributed by atoms with Crippen LogP contribution in [0.2, 0.25) is 0 Å². The van der Waals surface area contributed by atoms with Gasteiger partial charge in [-0.05, 0) is 60.9 Å². The molecule has 0 unspecified atom stereocenters. The first-order valence-electron chi connectivity index (χ1n) is 11.5. The van der Waals surface area contributed by atoms with E-state index in [1.807, 2.05) is 0 Å². The number of hydrogen-bond acceptors (Lipinski definition) is 4. The van der Waals surface area contributed by atoms with Crippen LogP contribution in [0.4, 0.5) is 23.2 Å². The molecule has 1 N–H and O–H groups in total. The van der Waals surface area contributed by atoms with Gasteiger partial charge < -0.3 is 10.1 Å². The summed E-state index contributed by atoms with van der Waals surface area (Å²) in [6, 6.07) is 18.4. The van der Waals surface area contributed by atoms with Crippen molar-refractivity contribution in [2.75, 3.05) is 18.5 Å². The average Bonchev–Trinajstić information content (AvgIpc) is 2.86. The van der Waals surface area contributed by atoms with E-state index < -0.39 is 17.6 Å². The Labute approximate surface area is 205 Å². The lowest BCUT2D eigenvalue weighted by atomic mass is 10.00. The summed E-state index contributed by atoms with van der Waals surface area (Å²) in [5.41, 5.74) is 3.03. The van der Waals surface area contributed by atoms with Gasteiger partial charge in [0, 0.05) is 29.6 Å². The SMILES string of the molecule is CCOC(=O)CCCNc1cc(-c2ccc(-c3cccc(C(F)(F)F)c3)cc2)nc2ccc(F)cc12. The summed E-state index contributed by atoms with van der Waals surface area (Å²) in [5, 5.41) is 3.87. The summed E-state index contributed by atoms with van der Waals surface area (Å²) >= 11 is 0. The van der Waals surface area contributed by atoms with Crippen LogP contribution >= 0.6 is 0 Å². The van der Waals surface area contributed by atoms with Gasteiger partial charge in [-0.25, -0.2) is 9.37 Å². The Balaban J connectivity index is 1.60. The van der Waals surface area contributed by atoms with E-state index in [4.69, 9.17) is 4.74 Å².